The minimum Gasteiger partial charge on any atom is -0.369 e. The van der Waals surface area contributed by atoms with Gasteiger partial charge in [-0.05, 0) is 41.5 Å². The van der Waals surface area contributed by atoms with Crippen molar-refractivity contribution in [2.45, 2.75) is 25.2 Å². The number of rotatable bonds is 3. The van der Waals surface area contributed by atoms with Gasteiger partial charge in [0.15, 0.2) is 0 Å². The molecule has 0 radical (unpaired) electrons. The van der Waals surface area contributed by atoms with Crippen molar-refractivity contribution in [3.05, 3.63) is 48.0 Å². The van der Waals surface area contributed by atoms with Crippen molar-refractivity contribution in [2.24, 2.45) is 17.6 Å². The third kappa shape index (κ3) is 2.66. The molecule has 2 aromatic rings. The zero-order valence-corrected chi connectivity index (χ0v) is 13.7. The SMILES string of the molecule is NC(=O)C1CCN(C(=O)[C@@H]2C[C@H]2c2cccc3ccccc23)CC1. The number of fused-ring (bicyclic) bond motifs is 1. The minimum absolute atomic E-state index is 0.0675. The Morgan fingerprint density at radius 2 is 1.71 bits per heavy atom. The maximum atomic E-state index is 12.8. The number of piperidine rings is 1. The smallest absolute Gasteiger partial charge is 0.226 e. The monoisotopic (exact) mass is 322 g/mol. The van der Waals surface area contributed by atoms with Crippen LogP contribution in [0.2, 0.25) is 0 Å². The molecule has 0 bridgehead atoms. The van der Waals surface area contributed by atoms with Crippen LogP contribution in [0.5, 0.6) is 0 Å². The maximum Gasteiger partial charge on any atom is 0.226 e. The molecule has 0 spiro atoms. The van der Waals surface area contributed by atoms with Gasteiger partial charge >= 0.3 is 0 Å². The number of carbonyl (C=O) groups excluding carboxylic acids is 2. The molecule has 0 unspecified atom stereocenters. The fourth-order valence-electron chi connectivity index (χ4n) is 4.00. The van der Waals surface area contributed by atoms with Gasteiger partial charge in [0.25, 0.3) is 0 Å². The number of hydrogen-bond donors (Lipinski definition) is 1. The van der Waals surface area contributed by atoms with Crippen LogP contribution < -0.4 is 5.73 Å². The zero-order valence-electron chi connectivity index (χ0n) is 13.7. The third-order valence-corrected chi connectivity index (χ3v) is 5.54. The van der Waals surface area contributed by atoms with Crippen LogP contribution in [0.1, 0.15) is 30.7 Å². The van der Waals surface area contributed by atoms with Crippen LogP contribution in [0.25, 0.3) is 10.8 Å². The Bertz CT molecular complexity index is 788. The van der Waals surface area contributed by atoms with Crippen LogP contribution in [-0.4, -0.2) is 29.8 Å². The predicted octanol–water partition coefficient (Wildman–Crippen LogP) is 2.67. The second kappa shape index (κ2) is 5.93. The van der Waals surface area contributed by atoms with Crippen molar-refractivity contribution >= 4 is 22.6 Å². The molecule has 2 aliphatic rings. The number of likely N-dealkylation sites (tertiary alicyclic amines) is 1. The molecular formula is C20H22N2O2. The van der Waals surface area contributed by atoms with Gasteiger partial charge in [0, 0.05) is 24.9 Å². The van der Waals surface area contributed by atoms with E-state index >= 15 is 0 Å². The molecule has 2 fully saturated rings. The van der Waals surface area contributed by atoms with Gasteiger partial charge in [0.05, 0.1) is 0 Å². The van der Waals surface area contributed by atoms with E-state index in [4.69, 9.17) is 5.73 Å². The largest absolute Gasteiger partial charge is 0.369 e. The Hall–Kier alpha value is -2.36. The first-order chi connectivity index (χ1) is 11.6. The summed E-state index contributed by atoms with van der Waals surface area (Å²) in [6.45, 7) is 1.32. The van der Waals surface area contributed by atoms with E-state index in [0.717, 1.165) is 6.42 Å². The molecule has 2 N–H and O–H groups in total. The first-order valence-corrected chi connectivity index (χ1v) is 8.71. The van der Waals surface area contributed by atoms with Gasteiger partial charge in [-0.3, -0.25) is 9.59 Å². The van der Waals surface area contributed by atoms with Crippen molar-refractivity contribution in [2.75, 3.05) is 13.1 Å². The molecule has 2 atom stereocenters. The van der Waals surface area contributed by atoms with Gasteiger partial charge in [-0.15, -0.1) is 0 Å². The first-order valence-electron chi connectivity index (χ1n) is 8.71. The van der Waals surface area contributed by atoms with Gasteiger partial charge in [0.1, 0.15) is 0 Å². The van der Waals surface area contributed by atoms with Gasteiger partial charge in [-0.2, -0.15) is 0 Å². The molecule has 1 aliphatic heterocycles. The Kier molecular flexibility index (Phi) is 3.75. The Morgan fingerprint density at radius 3 is 2.46 bits per heavy atom. The summed E-state index contributed by atoms with van der Waals surface area (Å²) in [4.78, 5) is 25.9. The molecule has 4 nitrogen and oxygen atoms in total. The van der Waals surface area contributed by atoms with E-state index in [1.54, 1.807) is 0 Å². The Balaban J connectivity index is 1.46. The zero-order chi connectivity index (χ0) is 16.7. The molecule has 2 amide bonds. The standard InChI is InChI=1S/C20H22N2O2/c21-19(23)14-8-10-22(11-9-14)20(24)18-12-17(18)16-7-3-5-13-4-1-2-6-15(13)16/h1-7,14,17-18H,8-12H2,(H2,21,23)/t17-,18+/m0/s1. The van der Waals surface area contributed by atoms with Crippen LogP contribution in [0.3, 0.4) is 0 Å². The van der Waals surface area contributed by atoms with E-state index in [0.29, 0.717) is 31.8 Å². The van der Waals surface area contributed by atoms with E-state index in [-0.39, 0.29) is 23.7 Å². The number of nitrogens with zero attached hydrogens (tertiary/aromatic N) is 1. The summed E-state index contributed by atoms with van der Waals surface area (Å²) in [5, 5.41) is 2.49. The molecule has 4 heteroatoms. The van der Waals surface area contributed by atoms with Gasteiger partial charge in [-0.25, -0.2) is 0 Å². The first kappa shape index (κ1) is 15.2. The summed E-state index contributed by atoms with van der Waals surface area (Å²) in [7, 11) is 0. The fraction of sp³-hybridized carbons (Fsp3) is 0.400. The second-order valence-electron chi connectivity index (χ2n) is 7.02. The molecule has 2 aromatic carbocycles. The number of amides is 2. The van der Waals surface area contributed by atoms with Crippen molar-refractivity contribution in [1.29, 1.82) is 0 Å². The second-order valence-corrected chi connectivity index (χ2v) is 7.02. The lowest BCUT2D eigenvalue weighted by molar-refractivity contribution is -0.136. The summed E-state index contributed by atoms with van der Waals surface area (Å²) in [6, 6.07) is 14.7. The molecule has 1 saturated heterocycles. The lowest BCUT2D eigenvalue weighted by Crippen LogP contribution is -2.42. The van der Waals surface area contributed by atoms with Crippen LogP contribution in [0, 0.1) is 11.8 Å². The van der Waals surface area contributed by atoms with E-state index in [2.05, 4.69) is 36.4 Å². The van der Waals surface area contributed by atoms with E-state index in [1.165, 1.54) is 16.3 Å². The third-order valence-electron chi connectivity index (χ3n) is 5.54. The van der Waals surface area contributed by atoms with Crippen molar-refractivity contribution in [3.63, 3.8) is 0 Å². The van der Waals surface area contributed by atoms with E-state index in [9.17, 15) is 9.59 Å². The minimum atomic E-state index is -0.234. The maximum absolute atomic E-state index is 12.8. The highest BCUT2D eigenvalue weighted by molar-refractivity contribution is 5.89. The number of nitrogens with two attached hydrogens (primary N) is 1. The van der Waals surface area contributed by atoms with Crippen LogP contribution >= 0.6 is 0 Å². The molecule has 24 heavy (non-hydrogen) atoms. The Morgan fingerprint density at radius 1 is 1.00 bits per heavy atom. The summed E-state index contributed by atoms with van der Waals surface area (Å²) in [5.74, 6) is 0.374. The molecular weight excluding hydrogens is 300 g/mol. The van der Waals surface area contributed by atoms with Crippen LogP contribution in [-0.2, 0) is 9.59 Å². The average molecular weight is 322 g/mol. The molecule has 124 valence electrons. The number of carbonyl (C=O) groups is 2. The van der Waals surface area contributed by atoms with Crippen molar-refractivity contribution < 1.29 is 9.59 Å². The van der Waals surface area contributed by atoms with E-state index in [1.807, 2.05) is 11.0 Å². The topological polar surface area (TPSA) is 63.4 Å². The van der Waals surface area contributed by atoms with Crippen LogP contribution in [0.4, 0.5) is 0 Å². The summed E-state index contributed by atoms with van der Waals surface area (Å²) in [5.41, 5.74) is 6.66. The Labute approximate surface area is 141 Å². The lowest BCUT2D eigenvalue weighted by Gasteiger charge is -2.30. The number of primary amides is 1. The molecule has 0 aromatic heterocycles. The quantitative estimate of drug-likeness (QED) is 0.944. The average Bonchev–Trinajstić information content (AvgIpc) is 3.41. The normalized spacial score (nSPS) is 24.1. The lowest BCUT2D eigenvalue weighted by atomic mass is 9.95. The molecule has 4 rings (SSSR count). The highest BCUT2D eigenvalue weighted by atomic mass is 16.2. The summed E-state index contributed by atoms with van der Waals surface area (Å²) < 4.78 is 0. The van der Waals surface area contributed by atoms with Gasteiger partial charge in [0.2, 0.25) is 11.8 Å². The fourth-order valence-corrected chi connectivity index (χ4v) is 4.00. The van der Waals surface area contributed by atoms with Gasteiger partial charge < -0.3 is 10.6 Å². The summed E-state index contributed by atoms with van der Waals surface area (Å²) >= 11 is 0. The van der Waals surface area contributed by atoms with Gasteiger partial charge in [-0.1, -0.05) is 42.5 Å². The molecule has 1 saturated carbocycles. The summed E-state index contributed by atoms with van der Waals surface area (Å²) in [6.07, 6.45) is 2.34. The number of hydrogen-bond acceptors (Lipinski definition) is 2. The van der Waals surface area contributed by atoms with Crippen LogP contribution in [0.15, 0.2) is 42.5 Å². The number of benzene rings is 2. The molecule has 1 aliphatic carbocycles. The highest BCUT2D eigenvalue weighted by Crippen LogP contribution is 2.50. The molecule has 1 heterocycles. The predicted molar refractivity (Wildman–Crippen MR) is 93.3 cm³/mol. The van der Waals surface area contributed by atoms with E-state index < -0.39 is 0 Å². The van der Waals surface area contributed by atoms with Crippen molar-refractivity contribution in [3.8, 4) is 0 Å². The highest BCUT2D eigenvalue weighted by Gasteiger charge is 2.46. The van der Waals surface area contributed by atoms with Crippen molar-refractivity contribution in [1.82, 2.24) is 4.90 Å².